The summed E-state index contributed by atoms with van der Waals surface area (Å²) in [6.45, 7) is 2.48. The average molecular weight is 647 g/mol. The molecule has 1 aliphatic heterocycles. The van der Waals surface area contributed by atoms with Crippen molar-refractivity contribution in [3.63, 3.8) is 0 Å². The van der Waals surface area contributed by atoms with Gasteiger partial charge in [-0.3, -0.25) is 10.6 Å². The van der Waals surface area contributed by atoms with Crippen LogP contribution in [0.2, 0.25) is 0 Å². The highest BCUT2D eigenvalue weighted by molar-refractivity contribution is 5.83. The molecule has 1 heterocycles. The first-order valence-corrected chi connectivity index (χ1v) is 19.8. The second kappa shape index (κ2) is 13.3. The SMILES string of the molecule is C[C@@]12CCCCC1C=C(c1cccc(-c3cccc(-c4ccc5c(c4)-c4ccccc4C4CCCCCC54)c3)c1)C(NC1CCCCC1)N2. The summed E-state index contributed by atoms with van der Waals surface area (Å²) in [5.41, 5.74) is 14.3. The summed E-state index contributed by atoms with van der Waals surface area (Å²) in [4.78, 5) is 0. The van der Waals surface area contributed by atoms with Gasteiger partial charge in [0.15, 0.2) is 0 Å². The van der Waals surface area contributed by atoms with E-state index in [0.29, 0.717) is 23.8 Å². The maximum absolute atomic E-state index is 4.19. The maximum atomic E-state index is 4.19. The Labute approximate surface area is 294 Å². The van der Waals surface area contributed by atoms with Crippen molar-refractivity contribution in [2.45, 2.75) is 126 Å². The van der Waals surface area contributed by atoms with Crippen LogP contribution in [0.15, 0.2) is 97.1 Å². The van der Waals surface area contributed by atoms with Crippen molar-refractivity contribution in [3.05, 3.63) is 114 Å². The zero-order valence-corrected chi connectivity index (χ0v) is 29.5. The molecule has 0 amide bonds. The molecule has 5 atom stereocenters. The van der Waals surface area contributed by atoms with E-state index in [1.54, 1.807) is 11.1 Å². The second-order valence-electron chi connectivity index (χ2n) is 16.4. The van der Waals surface area contributed by atoms with Gasteiger partial charge in [0.05, 0.1) is 6.17 Å². The number of nitrogens with one attached hydrogen (secondary N) is 2. The molecule has 0 aromatic heterocycles. The largest absolute Gasteiger partial charge is 0.295 e. The lowest BCUT2D eigenvalue weighted by molar-refractivity contribution is 0.159. The molecule has 2 heteroatoms. The van der Waals surface area contributed by atoms with E-state index in [1.165, 1.54) is 134 Å². The van der Waals surface area contributed by atoms with E-state index in [-0.39, 0.29) is 11.7 Å². The van der Waals surface area contributed by atoms with Crippen molar-refractivity contribution in [2.75, 3.05) is 0 Å². The van der Waals surface area contributed by atoms with Crippen LogP contribution in [0.3, 0.4) is 0 Å². The predicted molar refractivity (Wildman–Crippen MR) is 207 cm³/mol. The van der Waals surface area contributed by atoms with E-state index in [9.17, 15) is 0 Å². The van der Waals surface area contributed by atoms with Crippen LogP contribution in [0.25, 0.3) is 39.0 Å². The lowest BCUT2D eigenvalue weighted by Crippen LogP contribution is -2.62. The van der Waals surface area contributed by atoms with Gasteiger partial charge in [0.1, 0.15) is 0 Å². The minimum absolute atomic E-state index is 0.187. The van der Waals surface area contributed by atoms with Crippen molar-refractivity contribution in [2.24, 2.45) is 5.92 Å². The molecule has 4 aromatic rings. The maximum Gasteiger partial charge on any atom is 0.0844 e. The van der Waals surface area contributed by atoms with Gasteiger partial charge in [-0.05, 0) is 137 Å². The third-order valence-electron chi connectivity index (χ3n) is 13.3. The molecule has 4 unspecified atom stereocenters. The fraction of sp³-hybridized carbons (Fsp3) is 0.447. The Balaban J connectivity index is 1.05. The van der Waals surface area contributed by atoms with Gasteiger partial charge in [0.25, 0.3) is 0 Å². The Morgan fingerprint density at radius 1 is 0.551 bits per heavy atom. The zero-order chi connectivity index (χ0) is 32.8. The van der Waals surface area contributed by atoms with Crippen LogP contribution in [0.4, 0.5) is 0 Å². The first-order chi connectivity index (χ1) is 24.1. The number of hydrogen-bond donors (Lipinski definition) is 2. The first kappa shape index (κ1) is 31.5. The van der Waals surface area contributed by atoms with E-state index in [0.717, 1.165) is 0 Å². The summed E-state index contributed by atoms with van der Waals surface area (Å²) in [5.74, 6) is 1.92. The smallest absolute Gasteiger partial charge is 0.0844 e. The van der Waals surface area contributed by atoms with Crippen molar-refractivity contribution in [1.29, 1.82) is 0 Å². The van der Waals surface area contributed by atoms with Crippen LogP contribution >= 0.6 is 0 Å². The summed E-state index contributed by atoms with van der Waals surface area (Å²) in [7, 11) is 0. The summed E-state index contributed by atoms with van der Waals surface area (Å²) < 4.78 is 0. The fourth-order valence-electron chi connectivity index (χ4n) is 10.6. The molecule has 3 saturated carbocycles. The quantitative estimate of drug-likeness (QED) is 0.225. The molecule has 4 aromatic carbocycles. The van der Waals surface area contributed by atoms with Crippen molar-refractivity contribution in [3.8, 4) is 33.4 Å². The predicted octanol–water partition coefficient (Wildman–Crippen LogP) is 12.0. The molecule has 2 nitrogen and oxygen atoms in total. The van der Waals surface area contributed by atoms with E-state index < -0.39 is 0 Å². The molecule has 0 spiro atoms. The molecule has 49 heavy (non-hydrogen) atoms. The lowest BCUT2D eigenvalue weighted by Gasteiger charge is -2.49. The Bertz CT molecular complexity index is 1840. The average Bonchev–Trinajstić information content (AvgIpc) is 3.42. The molecule has 0 saturated heterocycles. The highest BCUT2D eigenvalue weighted by Gasteiger charge is 2.42. The number of benzene rings is 4. The molecule has 2 N–H and O–H groups in total. The molecular weight excluding hydrogens is 593 g/mol. The summed E-state index contributed by atoms with van der Waals surface area (Å²) in [6.07, 6.45) is 21.5. The molecule has 0 radical (unpaired) electrons. The van der Waals surface area contributed by atoms with E-state index >= 15 is 0 Å². The molecular formula is C47H54N2. The number of fused-ring (bicyclic) bond motifs is 7. The zero-order valence-electron chi connectivity index (χ0n) is 29.5. The van der Waals surface area contributed by atoms with Crippen LogP contribution in [0, 0.1) is 5.92 Å². The van der Waals surface area contributed by atoms with Crippen LogP contribution in [0.5, 0.6) is 0 Å². The van der Waals surface area contributed by atoms with Gasteiger partial charge in [0, 0.05) is 11.6 Å². The lowest BCUT2D eigenvalue weighted by atomic mass is 9.69. The first-order valence-electron chi connectivity index (χ1n) is 19.8. The molecule has 5 aliphatic rings. The van der Waals surface area contributed by atoms with Crippen LogP contribution < -0.4 is 10.6 Å². The topological polar surface area (TPSA) is 24.1 Å². The number of hydrogen-bond acceptors (Lipinski definition) is 2. The Morgan fingerprint density at radius 2 is 1.16 bits per heavy atom. The Hall–Kier alpha value is -3.46. The third kappa shape index (κ3) is 6.04. The summed E-state index contributed by atoms with van der Waals surface area (Å²) >= 11 is 0. The van der Waals surface area contributed by atoms with Crippen LogP contribution in [0.1, 0.15) is 125 Å². The van der Waals surface area contributed by atoms with Crippen LogP contribution in [-0.2, 0) is 0 Å². The van der Waals surface area contributed by atoms with Gasteiger partial charge < -0.3 is 0 Å². The minimum Gasteiger partial charge on any atom is -0.295 e. The highest BCUT2D eigenvalue weighted by Crippen LogP contribution is 2.53. The molecule has 4 aliphatic carbocycles. The van der Waals surface area contributed by atoms with Gasteiger partial charge in [-0.1, -0.05) is 130 Å². The Kier molecular flexibility index (Phi) is 8.58. The monoisotopic (exact) mass is 646 g/mol. The minimum atomic E-state index is 0.187. The van der Waals surface area contributed by atoms with E-state index in [1.807, 2.05) is 0 Å². The van der Waals surface area contributed by atoms with Crippen molar-refractivity contribution in [1.82, 2.24) is 10.6 Å². The number of rotatable bonds is 5. The molecule has 9 rings (SSSR count). The Morgan fingerprint density at radius 3 is 1.92 bits per heavy atom. The van der Waals surface area contributed by atoms with Gasteiger partial charge in [-0.2, -0.15) is 0 Å². The summed E-state index contributed by atoms with van der Waals surface area (Å²) in [6, 6.07) is 36.0. The highest BCUT2D eigenvalue weighted by atomic mass is 15.2. The van der Waals surface area contributed by atoms with E-state index in [2.05, 4.69) is 115 Å². The standard InChI is InChI=1S/C47H54N2/c1-47-27-11-10-18-37(47)31-44(46(49-47)48-38-19-4-2-5-20-38)36-17-13-16-34(29-36)32-14-12-15-33(28-32)35-25-26-43-41-22-7-3-6-21-39(41)40-23-8-9-24-42(40)45(43)30-35/h8-9,12-17,23-26,28-31,37-39,41,46,48-49H,2-7,10-11,18-22,27H2,1H3/t37?,39?,41?,46?,47-/m1/s1. The fourth-order valence-corrected chi connectivity index (χ4v) is 10.6. The summed E-state index contributed by atoms with van der Waals surface area (Å²) in [5, 5.41) is 8.32. The second-order valence-corrected chi connectivity index (χ2v) is 16.4. The van der Waals surface area contributed by atoms with Gasteiger partial charge >= 0.3 is 0 Å². The van der Waals surface area contributed by atoms with Gasteiger partial charge in [-0.25, -0.2) is 0 Å². The third-order valence-corrected chi connectivity index (χ3v) is 13.3. The molecule has 0 bridgehead atoms. The van der Waals surface area contributed by atoms with Gasteiger partial charge in [-0.15, -0.1) is 0 Å². The molecule has 3 fully saturated rings. The van der Waals surface area contributed by atoms with Crippen molar-refractivity contribution < 1.29 is 0 Å². The van der Waals surface area contributed by atoms with Gasteiger partial charge in [0.2, 0.25) is 0 Å². The normalized spacial score (nSPS) is 28.3. The van der Waals surface area contributed by atoms with Crippen LogP contribution in [-0.4, -0.2) is 17.7 Å². The molecule has 252 valence electrons. The van der Waals surface area contributed by atoms with Crippen molar-refractivity contribution >= 4 is 5.57 Å². The van der Waals surface area contributed by atoms with E-state index in [4.69, 9.17) is 0 Å².